The van der Waals surface area contributed by atoms with Crippen LogP contribution < -0.4 is 4.74 Å². The molecule has 0 saturated heterocycles. The van der Waals surface area contributed by atoms with Crippen LogP contribution in [0, 0.1) is 5.82 Å². The van der Waals surface area contributed by atoms with E-state index in [1.807, 2.05) is 24.3 Å². The van der Waals surface area contributed by atoms with Gasteiger partial charge in [-0.05, 0) is 42.3 Å². The molecule has 0 amide bonds. The lowest BCUT2D eigenvalue weighted by atomic mass is 10.1. The Hall–Kier alpha value is -1.39. The van der Waals surface area contributed by atoms with Gasteiger partial charge in [0.25, 0.3) is 0 Å². The van der Waals surface area contributed by atoms with Gasteiger partial charge in [0.05, 0.1) is 0 Å². The third-order valence-corrected chi connectivity index (χ3v) is 3.50. The summed E-state index contributed by atoms with van der Waals surface area (Å²) in [4.78, 5) is 0. The van der Waals surface area contributed by atoms with Gasteiger partial charge >= 0.3 is 0 Å². The minimum absolute atomic E-state index is 0.135. The van der Waals surface area contributed by atoms with E-state index in [1.165, 1.54) is 12.1 Å². The number of hydrogen-bond acceptors (Lipinski definition) is 2. The van der Waals surface area contributed by atoms with Crippen LogP contribution in [0.25, 0.3) is 0 Å². The first-order valence-corrected chi connectivity index (χ1v) is 6.75. The number of aliphatic hydroxyl groups is 1. The van der Waals surface area contributed by atoms with Crippen LogP contribution in [0.15, 0.2) is 46.9 Å². The van der Waals surface area contributed by atoms with Crippen molar-refractivity contribution in [2.75, 3.05) is 6.61 Å². The van der Waals surface area contributed by atoms with Gasteiger partial charge < -0.3 is 9.84 Å². The van der Waals surface area contributed by atoms with E-state index in [0.29, 0.717) is 13.0 Å². The third kappa shape index (κ3) is 4.04. The molecule has 0 heterocycles. The predicted octanol–water partition coefficient (Wildman–Crippen LogP) is 3.70. The summed E-state index contributed by atoms with van der Waals surface area (Å²) < 4.78 is 19.5. The van der Waals surface area contributed by atoms with E-state index in [4.69, 9.17) is 9.84 Å². The highest BCUT2D eigenvalue weighted by Gasteiger charge is 2.03. The van der Waals surface area contributed by atoms with Crippen LogP contribution in [0.2, 0.25) is 0 Å². The minimum atomic E-state index is -0.278. The zero-order valence-electron chi connectivity index (χ0n) is 10.3. The van der Waals surface area contributed by atoms with Gasteiger partial charge in [0, 0.05) is 16.6 Å². The minimum Gasteiger partial charge on any atom is -0.489 e. The first-order chi connectivity index (χ1) is 9.19. The molecule has 0 unspecified atom stereocenters. The highest BCUT2D eigenvalue weighted by molar-refractivity contribution is 9.10. The molecule has 0 bridgehead atoms. The van der Waals surface area contributed by atoms with Crippen molar-refractivity contribution >= 4 is 15.9 Å². The lowest BCUT2D eigenvalue weighted by Crippen LogP contribution is -1.98. The Morgan fingerprint density at radius 1 is 1.11 bits per heavy atom. The van der Waals surface area contributed by atoms with Gasteiger partial charge in [0.15, 0.2) is 0 Å². The van der Waals surface area contributed by atoms with E-state index >= 15 is 0 Å². The highest BCUT2D eigenvalue weighted by atomic mass is 79.9. The fourth-order valence-electron chi connectivity index (χ4n) is 1.70. The van der Waals surface area contributed by atoms with Crippen molar-refractivity contribution in [3.8, 4) is 5.75 Å². The number of rotatable bonds is 5. The number of benzene rings is 2. The zero-order valence-corrected chi connectivity index (χ0v) is 11.9. The second-order valence-electron chi connectivity index (χ2n) is 4.14. The number of aliphatic hydroxyl groups excluding tert-OH is 1. The topological polar surface area (TPSA) is 29.5 Å². The zero-order chi connectivity index (χ0) is 13.7. The third-order valence-electron chi connectivity index (χ3n) is 2.73. The van der Waals surface area contributed by atoms with Crippen LogP contribution in [0.1, 0.15) is 11.1 Å². The van der Waals surface area contributed by atoms with Crippen molar-refractivity contribution in [1.29, 1.82) is 0 Å². The smallest absolute Gasteiger partial charge is 0.123 e. The molecule has 100 valence electrons. The van der Waals surface area contributed by atoms with Crippen LogP contribution in [-0.4, -0.2) is 11.7 Å². The quantitative estimate of drug-likeness (QED) is 0.908. The molecule has 0 aromatic heterocycles. The molecule has 2 aromatic carbocycles. The van der Waals surface area contributed by atoms with Gasteiger partial charge in [-0.15, -0.1) is 0 Å². The van der Waals surface area contributed by atoms with Gasteiger partial charge in [-0.25, -0.2) is 4.39 Å². The van der Waals surface area contributed by atoms with E-state index in [2.05, 4.69) is 15.9 Å². The molecule has 2 rings (SSSR count). The predicted molar refractivity (Wildman–Crippen MR) is 75.7 cm³/mol. The molecule has 2 nitrogen and oxygen atoms in total. The van der Waals surface area contributed by atoms with Crippen molar-refractivity contribution in [2.45, 2.75) is 13.0 Å². The summed E-state index contributed by atoms with van der Waals surface area (Å²) in [6, 6.07) is 12.0. The number of halogens is 2. The first kappa shape index (κ1) is 14.0. The molecule has 0 atom stereocenters. The van der Waals surface area contributed by atoms with Gasteiger partial charge in [-0.2, -0.15) is 0 Å². The monoisotopic (exact) mass is 324 g/mol. The fourth-order valence-corrected chi connectivity index (χ4v) is 2.06. The summed E-state index contributed by atoms with van der Waals surface area (Å²) in [6.07, 6.45) is 0.635. The Morgan fingerprint density at radius 2 is 1.84 bits per heavy atom. The van der Waals surface area contributed by atoms with Crippen molar-refractivity contribution in [1.82, 2.24) is 0 Å². The Morgan fingerprint density at radius 3 is 2.53 bits per heavy atom. The molecule has 0 saturated carbocycles. The lowest BCUT2D eigenvalue weighted by Gasteiger charge is -2.08. The lowest BCUT2D eigenvalue weighted by molar-refractivity contribution is 0.298. The molecule has 0 aliphatic carbocycles. The molecule has 0 aliphatic rings. The van der Waals surface area contributed by atoms with E-state index in [-0.39, 0.29) is 12.4 Å². The maximum Gasteiger partial charge on any atom is 0.123 e. The van der Waals surface area contributed by atoms with Crippen molar-refractivity contribution in [2.24, 2.45) is 0 Å². The van der Waals surface area contributed by atoms with Crippen LogP contribution in [-0.2, 0) is 13.0 Å². The van der Waals surface area contributed by atoms with Gasteiger partial charge in [-0.1, -0.05) is 28.1 Å². The Balaban J connectivity index is 2.00. The fraction of sp³-hybridized carbons (Fsp3) is 0.200. The van der Waals surface area contributed by atoms with Crippen molar-refractivity contribution in [3.63, 3.8) is 0 Å². The standard InChI is InChI=1S/C15H14BrFO2/c16-15-6-3-13(17)9-12(15)10-19-14-4-1-11(2-5-14)7-8-18/h1-6,9,18H,7-8,10H2. The van der Waals surface area contributed by atoms with E-state index in [0.717, 1.165) is 21.3 Å². The maximum absolute atomic E-state index is 13.1. The van der Waals surface area contributed by atoms with Gasteiger partial charge in [0.1, 0.15) is 18.2 Å². The molecule has 2 aromatic rings. The molecule has 0 aliphatic heterocycles. The van der Waals surface area contributed by atoms with E-state index in [1.54, 1.807) is 6.07 Å². The second-order valence-corrected chi connectivity index (χ2v) is 5.00. The Kier molecular flexibility index (Phi) is 4.93. The largest absolute Gasteiger partial charge is 0.489 e. The summed E-state index contributed by atoms with van der Waals surface area (Å²) in [5.41, 5.74) is 1.82. The highest BCUT2D eigenvalue weighted by Crippen LogP contribution is 2.20. The van der Waals surface area contributed by atoms with Crippen LogP contribution in [0.3, 0.4) is 0 Å². The first-order valence-electron chi connectivity index (χ1n) is 5.95. The van der Waals surface area contributed by atoms with Crippen molar-refractivity contribution in [3.05, 3.63) is 63.9 Å². The normalized spacial score (nSPS) is 10.5. The average molecular weight is 325 g/mol. The molecular formula is C15H14BrFO2. The van der Waals surface area contributed by atoms with E-state index < -0.39 is 0 Å². The summed E-state index contributed by atoms with van der Waals surface area (Å²) >= 11 is 3.36. The Labute approximate surface area is 120 Å². The van der Waals surface area contributed by atoms with Crippen molar-refractivity contribution < 1.29 is 14.2 Å². The van der Waals surface area contributed by atoms with Crippen LogP contribution >= 0.6 is 15.9 Å². The summed E-state index contributed by atoms with van der Waals surface area (Å²) in [7, 11) is 0. The summed E-state index contributed by atoms with van der Waals surface area (Å²) in [5.74, 6) is 0.443. The van der Waals surface area contributed by atoms with E-state index in [9.17, 15) is 4.39 Å². The Bertz CT molecular complexity index is 540. The molecule has 0 fully saturated rings. The molecule has 19 heavy (non-hydrogen) atoms. The molecule has 4 heteroatoms. The van der Waals surface area contributed by atoms with Gasteiger partial charge in [-0.3, -0.25) is 0 Å². The molecule has 0 spiro atoms. The van der Waals surface area contributed by atoms with Crippen LogP contribution in [0.4, 0.5) is 4.39 Å². The number of hydrogen-bond donors (Lipinski definition) is 1. The average Bonchev–Trinajstić information content (AvgIpc) is 2.42. The molecular weight excluding hydrogens is 311 g/mol. The molecule has 0 radical (unpaired) electrons. The van der Waals surface area contributed by atoms with Gasteiger partial charge in [0.2, 0.25) is 0 Å². The summed E-state index contributed by atoms with van der Waals surface area (Å²) in [6.45, 7) is 0.439. The second kappa shape index (κ2) is 6.68. The van der Waals surface area contributed by atoms with Crippen LogP contribution in [0.5, 0.6) is 5.75 Å². The SMILES string of the molecule is OCCc1ccc(OCc2cc(F)ccc2Br)cc1. The summed E-state index contributed by atoms with van der Waals surface area (Å²) in [5, 5.41) is 8.83. The number of ether oxygens (including phenoxy) is 1. The molecule has 1 N–H and O–H groups in total. The maximum atomic E-state index is 13.1.